The molecule has 0 aromatic carbocycles. The largest absolute Gasteiger partial charge is 0.337 e. The van der Waals surface area contributed by atoms with Gasteiger partial charge in [0.1, 0.15) is 6.04 Å². The molecule has 0 saturated carbocycles. The number of hydrogen-bond acceptors (Lipinski definition) is 5. The van der Waals surface area contributed by atoms with E-state index in [0.29, 0.717) is 11.9 Å². The molecule has 3 heterocycles. The van der Waals surface area contributed by atoms with Gasteiger partial charge in [0.15, 0.2) is 5.82 Å². The highest BCUT2D eigenvalue weighted by Crippen LogP contribution is 2.33. The van der Waals surface area contributed by atoms with E-state index in [9.17, 15) is 4.79 Å². The van der Waals surface area contributed by atoms with Crippen molar-refractivity contribution in [3.63, 3.8) is 0 Å². The fourth-order valence-electron chi connectivity index (χ4n) is 3.97. The lowest BCUT2D eigenvalue weighted by atomic mass is 9.92. The summed E-state index contributed by atoms with van der Waals surface area (Å²) in [4.78, 5) is 22.2. The third kappa shape index (κ3) is 4.05. The van der Waals surface area contributed by atoms with E-state index >= 15 is 0 Å². The molecule has 6 heteroatoms. The van der Waals surface area contributed by atoms with E-state index in [1.807, 2.05) is 4.90 Å². The Kier molecular flexibility index (Phi) is 5.77. The molecule has 0 aliphatic carbocycles. The summed E-state index contributed by atoms with van der Waals surface area (Å²) >= 11 is 0. The maximum Gasteiger partial charge on any atom is 0.249 e. The van der Waals surface area contributed by atoms with Crippen LogP contribution >= 0.6 is 0 Å². The normalized spacial score (nSPS) is 23.6. The van der Waals surface area contributed by atoms with Gasteiger partial charge in [0.2, 0.25) is 11.8 Å². The molecule has 1 aromatic heterocycles. The van der Waals surface area contributed by atoms with Crippen molar-refractivity contribution in [1.29, 1.82) is 0 Å². The first-order valence-corrected chi connectivity index (χ1v) is 9.85. The fraction of sp³-hybridized carbons (Fsp3) is 0.842. The average Bonchev–Trinajstić information content (AvgIpc) is 3.11. The molecule has 25 heavy (non-hydrogen) atoms. The second kappa shape index (κ2) is 7.85. The molecule has 1 aromatic rings. The van der Waals surface area contributed by atoms with Crippen LogP contribution in [-0.4, -0.2) is 51.5 Å². The summed E-state index contributed by atoms with van der Waals surface area (Å²) in [5.74, 6) is 2.03. The summed E-state index contributed by atoms with van der Waals surface area (Å²) in [5, 5.41) is 4.10. The van der Waals surface area contributed by atoms with Gasteiger partial charge in [0.25, 0.3) is 0 Å². The molecule has 2 aliphatic rings. The van der Waals surface area contributed by atoms with Gasteiger partial charge in [-0.1, -0.05) is 19.0 Å². The van der Waals surface area contributed by atoms with Crippen LogP contribution in [0.25, 0.3) is 0 Å². The van der Waals surface area contributed by atoms with Crippen LogP contribution in [0.5, 0.6) is 0 Å². The van der Waals surface area contributed by atoms with E-state index in [1.165, 1.54) is 0 Å². The first kappa shape index (κ1) is 18.4. The first-order chi connectivity index (χ1) is 12.0. The van der Waals surface area contributed by atoms with Crippen molar-refractivity contribution < 1.29 is 9.32 Å². The minimum Gasteiger partial charge on any atom is -0.337 e. The predicted molar refractivity (Wildman–Crippen MR) is 96.1 cm³/mol. The van der Waals surface area contributed by atoms with Gasteiger partial charge in [0, 0.05) is 24.4 Å². The Hall–Kier alpha value is -1.43. The molecule has 2 aliphatic heterocycles. The number of hydrogen-bond donors (Lipinski definition) is 0. The summed E-state index contributed by atoms with van der Waals surface area (Å²) in [6.07, 6.45) is 5.02. The SMILES string of the molecule is CC(C)c1noc([C@H]2CCCCN2C(=O)C2CCN(C(C)C)CC2)n1. The Labute approximate surface area is 150 Å². The van der Waals surface area contributed by atoms with Crippen LogP contribution < -0.4 is 0 Å². The minimum atomic E-state index is -0.0376. The number of nitrogens with zero attached hydrogens (tertiary/aromatic N) is 4. The number of piperidine rings is 2. The summed E-state index contributed by atoms with van der Waals surface area (Å²) < 4.78 is 5.52. The van der Waals surface area contributed by atoms with E-state index < -0.39 is 0 Å². The second-order valence-corrected chi connectivity index (χ2v) is 8.09. The molecular weight excluding hydrogens is 316 g/mol. The van der Waals surface area contributed by atoms with Gasteiger partial charge in [-0.05, 0) is 59.0 Å². The molecule has 0 N–H and O–H groups in total. The topological polar surface area (TPSA) is 62.5 Å². The van der Waals surface area contributed by atoms with Gasteiger partial charge < -0.3 is 14.3 Å². The standard InChI is InChI=1S/C19H32N4O2/c1-13(2)17-20-18(25-21-17)16-7-5-6-10-23(16)19(24)15-8-11-22(12-9-15)14(3)4/h13-16H,5-12H2,1-4H3/t16-/m1/s1. The number of aromatic nitrogens is 2. The summed E-state index contributed by atoms with van der Waals surface area (Å²) in [6, 6.07) is 0.524. The Bertz CT molecular complexity index is 576. The Morgan fingerprint density at radius 3 is 2.40 bits per heavy atom. The van der Waals surface area contributed by atoms with Gasteiger partial charge in [0.05, 0.1) is 0 Å². The highest BCUT2D eigenvalue weighted by atomic mass is 16.5. The molecule has 3 rings (SSSR count). The predicted octanol–water partition coefficient (Wildman–Crippen LogP) is 3.37. The van der Waals surface area contributed by atoms with Crippen LogP contribution in [0.1, 0.15) is 83.5 Å². The second-order valence-electron chi connectivity index (χ2n) is 8.09. The van der Waals surface area contributed by atoms with Crippen molar-refractivity contribution in [2.75, 3.05) is 19.6 Å². The Balaban J connectivity index is 1.69. The average molecular weight is 348 g/mol. The first-order valence-electron chi connectivity index (χ1n) is 9.85. The number of likely N-dealkylation sites (tertiary alicyclic amines) is 2. The summed E-state index contributed by atoms with van der Waals surface area (Å²) in [5.41, 5.74) is 0. The lowest BCUT2D eigenvalue weighted by Crippen LogP contribution is -2.46. The van der Waals surface area contributed by atoms with Crippen LogP contribution in [0.15, 0.2) is 4.52 Å². The minimum absolute atomic E-state index is 0.0376. The number of carbonyl (C=O) groups excluding carboxylic acids is 1. The van der Waals surface area contributed by atoms with Gasteiger partial charge in [-0.15, -0.1) is 0 Å². The number of rotatable bonds is 4. The lowest BCUT2D eigenvalue weighted by Gasteiger charge is -2.39. The highest BCUT2D eigenvalue weighted by molar-refractivity contribution is 5.79. The molecule has 6 nitrogen and oxygen atoms in total. The number of carbonyl (C=O) groups is 1. The van der Waals surface area contributed by atoms with Crippen molar-refractivity contribution in [3.8, 4) is 0 Å². The molecule has 140 valence electrons. The Morgan fingerprint density at radius 2 is 1.80 bits per heavy atom. The summed E-state index contributed by atoms with van der Waals surface area (Å²) in [7, 11) is 0. The van der Waals surface area contributed by atoms with E-state index in [4.69, 9.17) is 4.52 Å². The molecular formula is C19H32N4O2. The third-order valence-electron chi connectivity index (χ3n) is 5.65. The van der Waals surface area contributed by atoms with Crippen LogP contribution in [0.3, 0.4) is 0 Å². The van der Waals surface area contributed by atoms with E-state index in [2.05, 4.69) is 42.7 Å². The van der Waals surface area contributed by atoms with Gasteiger partial charge in [-0.3, -0.25) is 4.79 Å². The maximum absolute atomic E-state index is 13.2. The van der Waals surface area contributed by atoms with Crippen molar-refractivity contribution in [1.82, 2.24) is 19.9 Å². The van der Waals surface area contributed by atoms with E-state index in [1.54, 1.807) is 0 Å². The monoisotopic (exact) mass is 348 g/mol. The lowest BCUT2D eigenvalue weighted by molar-refractivity contribution is -0.142. The van der Waals surface area contributed by atoms with Crippen LogP contribution in [0, 0.1) is 5.92 Å². The zero-order chi connectivity index (χ0) is 18.0. The maximum atomic E-state index is 13.2. The van der Waals surface area contributed by atoms with Crippen LogP contribution in [0.2, 0.25) is 0 Å². The van der Waals surface area contributed by atoms with E-state index in [0.717, 1.165) is 57.6 Å². The summed E-state index contributed by atoms with van der Waals surface area (Å²) in [6.45, 7) is 11.4. The quantitative estimate of drug-likeness (QED) is 0.835. The fourth-order valence-corrected chi connectivity index (χ4v) is 3.97. The zero-order valence-corrected chi connectivity index (χ0v) is 16.1. The highest BCUT2D eigenvalue weighted by Gasteiger charge is 2.36. The third-order valence-corrected chi connectivity index (χ3v) is 5.65. The molecule has 2 fully saturated rings. The van der Waals surface area contributed by atoms with E-state index in [-0.39, 0.29) is 23.8 Å². The molecule has 0 spiro atoms. The smallest absolute Gasteiger partial charge is 0.249 e. The zero-order valence-electron chi connectivity index (χ0n) is 16.1. The van der Waals surface area contributed by atoms with Crippen LogP contribution in [0.4, 0.5) is 0 Å². The van der Waals surface area contributed by atoms with Gasteiger partial charge >= 0.3 is 0 Å². The van der Waals surface area contributed by atoms with Crippen molar-refractivity contribution in [2.45, 2.75) is 77.8 Å². The number of amides is 1. The van der Waals surface area contributed by atoms with Crippen LogP contribution in [-0.2, 0) is 4.79 Å². The van der Waals surface area contributed by atoms with Crippen molar-refractivity contribution >= 4 is 5.91 Å². The van der Waals surface area contributed by atoms with Gasteiger partial charge in [-0.2, -0.15) is 4.98 Å². The molecule has 0 unspecified atom stereocenters. The van der Waals surface area contributed by atoms with Crippen molar-refractivity contribution in [2.24, 2.45) is 5.92 Å². The molecule has 1 atom stereocenters. The Morgan fingerprint density at radius 1 is 1.08 bits per heavy atom. The molecule has 2 saturated heterocycles. The molecule has 1 amide bonds. The molecule has 0 radical (unpaired) electrons. The van der Waals surface area contributed by atoms with Gasteiger partial charge in [-0.25, -0.2) is 0 Å². The van der Waals surface area contributed by atoms with Crippen molar-refractivity contribution in [3.05, 3.63) is 11.7 Å². The molecule has 0 bridgehead atoms.